The Morgan fingerprint density at radius 3 is 2.55 bits per heavy atom. The minimum absolute atomic E-state index is 0.314. The average molecular weight is 170 g/mol. The van der Waals surface area contributed by atoms with Crippen LogP contribution in [0.4, 0.5) is 0 Å². The van der Waals surface area contributed by atoms with E-state index in [-0.39, 0.29) is 5.88 Å². The van der Waals surface area contributed by atoms with E-state index in [9.17, 15) is 0 Å². The van der Waals surface area contributed by atoms with E-state index in [1.54, 1.807) is 6.08 Å². The van der Waals surface area contributed by atoms with Crippen molar-refractivity contribution in [1.29, 1.82) is 0 Å². The second kappa shape index (κ2) is 5.73. The lowest BCUT2D eigenvalue weighted by Crippen LogP contribution is -1.71. The van der Waals surface area contributed by atoms with Crippen molar-refractivity contribution in [3.8, 4) is 0 Å². The normalized spacial score (nSPS) is 9.82. The molecule has 3 nitrogen and oxygen atoms in total. The average Bonchev–Trinajstić information content (AvgIpc) is 1.97. The predicted octanol–water partition coefficient (Wildman–Crippen LogP) is 2.86. The zero-order valence-electron chi connectivity index (χ0n) is 6.16. The molecule has 0 fully saturated rings. The molecule has 11 heavy (non-hydrogen) atoms. The first-order chi connectivity index (χ1) is 5.16. The molecule has 1 N–H and O–H groups in total. The SMILES string of the molecule is C=CCSC(=C)/N=N\C(=C)O. The standard InChI is InChI=1S/C7H10N2OS/c1-4-5-11-7(3)9-8-6(2)10/h4,10H,1-3,5H2/b9-8-. The van der Waals surface area contributed by atoms with Crippen LogP contribution in [-0.4, -0.2) is 10.9 Å². The third-order valence-corrected chi connectivity index (χ3v) is 1.46. The van der Waals surface area contributed by atoms with Crippen molar-refractivity contribution < 1.29 is 5.11 Å². The highest BCUT2D eigenvalue weighted by atomic mass is 32.2. The van der Waals surface area contributed by atoms with Gasteiger partial charge in [-0.25, -0.2) is 0 Å². The molecular weight excluding hydrogens is 160 g/mol. The van der Waals surface area contributed by atoms with E-state index >= 15 is 0 Å². The van der Waals surface area contributed by atoms with Gasteiger partial charge in [-0.15, -0.1) is 28.6 Å². The summed E-state index contributed by atoms with van der Waals surface area (Å²) in [6.45, 7) is 10.2. The maximum atomic E-state index is 8.50. The Labute approximate surface area is 70.2 Å². The molecule has 0 radical (unpaired) electrons. The molecule has 0 aromatic carbocycles. The van der Waals surface area contributed by atoms with Crippen LogP contribution in [0.25, 0.3) is 0 Å². The van der Waals surface area contributed by atoms with E-state index in [4.69, 9.17) is 5.11 Å². The first-order valence-electron chi connectivity index (χ1n) is 2.89. The number of azo groups is 1. The number of hydrogen-bond acceptors (Lipinski definition) is 4. The van der Waals surface area contributed by atoms with Crippen molar-refractivity contribution in [1.82, 2.24) is 0 Å². The maximum Gasteiger partial charge on any atom is 0.223 e. The van der Waals surface area contributed by atoms with E-state index in [1.165, 1.54) is 11.8 Å². The summed E-state index contributed by atoms with van der Waals surface area (Å²) in [5.74, 6) is 0.417. The lowest BCUT2D eigenvalue weighted by Gasteiger charge is -1.92. The van der Waals surface area contributed by atoms with Crippen molar-refractivity contribution in [2.24, 2.45) is 10.2 Å². The largest absolute Gasteiger partial charge is 0.493 e. The van der Waals surface area contributed by atoms with Crippen molar-refractivity contribution >= 4 is 11.8 Å². The van der Waals surface area contributed by atoms with Gasteiger partial charge in [-0.1, -0.05) is 12.7 Å². The molecule has 0 aliphatic heterocycles. The molecule has 0 aromatic rings. The van der Waals surface area contributed by atoms with Gasteiger partial charge in [-0.3, -0.25) is 0 Å². The van der Waals surface area contributed by atoms with Gasteiger partial charge in [0.15, 0.2) is 0 Å². The Kier molecular flexibility index (Phi) is 5.20. The van der Waals surface area contributed by atoms with Crippen LogP contribution in [0, 0.1) is 0 Å². The number of hydrogen-bond donors (Lipinski definition) is 1. The van der Waals surface area contributed by atoms with E-state index in [2.05, 4.69) is 30.0 Å². The summed E-state index contributed by atoms with van der Waals surface area (Å²) in [6, 6.07) is 0. The van der Waals surface area contributed by atoms with Crippen LogP contribution in [0.3, 0.4) is 0 Å². The van der Waals surface area contributed by atoms with Crippen LogP contribution in [0.15, 0.2) is 47.0 Å². The molecule has 0 aromatic heterocycles. The molecule has 0 spiro atoms. The maximum absolute atomic E-state index is 8.50. The fourth-order valence-corrected chi connectivity index (χ4v) is 0.706. The number of nitrogens with zero attached hydrogens (tertiary/aromatic N) is 2. The van der Waals surface area contributed by atoms with Crippen LogP contribution in [0.2, 0.25) is 0 Å². The highest BCUT2D eigenvalue weighted by Gasteiger charge is 1.88. The molecule has 60 valence electrons. The molecular formula is C7H10N2OS. The quantitative estimate of drug-likeness (QED) is 0.391. The summed E-state index contributed by atoms with van der Waals surface area (Å²) in [4.78, 5) is 0. The first kappa shape index (κ1) is 9.97. The Morgan fingerprint density at radius 2 is 2.09 bits per heavy atom. The van der Waals surface area contributed by atoms with Crippen molar-refractivity contribution in [3.63, 3.8) is 0 Å². The lowest BCUT2D eigenvalue weighted by molar-refractivity contribution is 0.403. The van der Waals surface area contributed by atoms with Gasteiger partial charge in [0.2, 0.25) is 5.88 Å². The van der Waals surface area contributed by atoms with Crippen molar-refractivity contribution in [3.05, 3.63) is 36.7 Å². The zero-order chi connectivity index (χ0) is 8.69. The molecule has 0 unspecified atom stereocenters. The van der Waals surface area contributed by atoms with E-state index in [0.717, 1.165) is 5.75 Å². The molecule has 0 atom stereocenters. The monoisotopic (exact) mass is 170 g/mol. The third kappa shape index (κ3) is 6.86. The van der Waals surface area contributed by atoms with E-state index < -0.39 is 0 Å². The van der Waals surface area contributed by atoms with Gasteiger partial charge in [0.1, 0.15) is 5.03 Å². The topological polar surface area (TPSA) is 45.0 Å². The number of rotatable bonds is 5. The van der Waals surface area contributed by atoms with Gasteiger partial charge >= 0.3 is 0 Å². The van der Waals surface area contributed by atoms with Crippen molar-refractivity contribution in [2.75, 3.05) is 5.75 Å². The highest BCUT2D eigenvalue weighted by Crippen LogP contribution is 2.14. The van der Waals surface area contributed by atoms with Crippen LogP contribution < -0.4 is 0 Å². The third-order valence-electron chi connectivity index (χ3n) is 0.645. The van der Waals surface area contributed by atoms with Crippen LogP contribution in [0.5, 0.6) is 0 Å². The molecule has 4 heteroatoms. The molecule has 0 aliphatic carbocycles. The van der Waals surface area contributed by atoms with Gasteiger partial charge in [0, 0.05) is 5.75 Å². The molecule has 0 bridgehead atoms. The number of aliphatic hydroxyl groups excluding tert-OH is 1. The Balaban J connectivity index is 3.68. The summed E-state index contributed by atoms with van der Waals surface area (Å²) >= 11 is 1.39. The van der Waals surface area contributed by atoms with E-state index in [1.807, 2.05) is 0 Å². The molecule has 0 amide bonds. The number of aliphatic hydroxyl groups is 1. The molecule has 0 heterocycles. The van der Waals surface area contributed by atoms with Gasteiger partial charge in [-0.05, 0) is 6.58 Å². The van der Waals surface area contributed by atoms with E-state index in [0.29, 0.717) is 5.03 Å². The van der Waals surface area contributed by atoms with Gasteiger partial charge in [-0.2, -0.15) is 0 Å². The minimum Gasteiger partial charge on any atom is -0.493 e. The highest BCUT2D eigenvalue weighted by molar-refractivity contribution is 8.03. The molecule has 0 rings (SSSR count). The van der Waals surface area contributed by atoms with Crippen LogP contribution in [-0.2, 0) is 0 Å². The fraction of sp³-hybridized carbons (Fsp3) is 0.143. The summed E-state index contributed by atoms with van der Waals surface area (Å²) in [6.07, 6.45) is 1.74. The summed E-state index contributed by atoms with van der Waals surface area (Å²) in [7, 11) is 0. The first-order valence-corrected chi connectivity index (χ1v) is 3.87. The summed E-state index contributed by atoms with van der Waals surface area (Å²) in [5, 5.41) is 15.9. The zero-order valence-corrected chi connectivity index (χ0v) is 6.97. The predicted molar refractivity (Wildman–Crippen MR) is 48.4 cm³/mol. The summed E-state index contributed by atoms with van der Waals surface area (Å²) < 4.78 is 0. The Hall–Kier alpha value is -1.03. The number of thioether (sulfide) groups is 1. The second-order valence-corrected chi connectivity index (χ2v) is 2.70. The second-order valence-electron chi connectivity index (χ2n) is 1.61. The summed E-state index contributed by atoms with van der Waals surface area (Å²) in [5.41, 5.74) is 0. The Morgan fingerprint density at radius 1 is 1.45 bits per heavy atom. The molecule has 0 saturated carbocycles. The molecule has 0 saturated heterocycles. The minimum atomic E-state index is -0.314. The smallest absolute Gasteiger partial charge is 0.223 e. The van der Waals surface area contributed by atoms with Gasteiger partial charge in [0.25, 0.3) is 0 Å². The van der Waals surface area contributed by atoms with Gasteiger partial charge < -0.3 is 5.11 Å². The van der Waals surface area contributed by atoms with Crippen LogP contribution in [0.1, 0.15) is 0 Å². The van der Waals surface area contributed by atoms with Gasteiger partial charge in [0.05, 0.1) is 0 Å². The van der Waals surface area contributed by atoms with Crippen molar-refractivity contribution in [2.45, 2.75) is 0 Å². The molecule has 0 aliphatic rings. The fourth-order valence-electron chi connectivity index (χ4n) is 0.297. The lowest BCUT2D eigenvalue weighted by atomic mass is 10.8. The Bertz CT molecular complexity index is 199. The van der Waals surface area contributed by atoms with Crippen LogP contribution >= 0.6 is 11.8 Å².